The summed E-state index contributed by atoms with van der Waals surface area (Å²) in [5.74, 6) is 2.06. The molecule has 0 radical (unpaired) electrons. The van der Waals surface area contributed by atoms with Crippen LogP contribution in [0.2, 0.25) is 0 Å². The number of carbonyl (C=O) groups excluding carboxylic acids is 2. The van der Waals surface area contributed by atoms with Crippen molar-refractivity contribution in [2.45, 2.75) is 79.8 Å². The minimum Gasteiger partial charge on any atom is -0.444 e. The zero-order valence-electron chi connectivity index (χ0n) is 23.3. The van der Waals surface area contributed by atoms with Crippen LogP contribution in [-0.4, -0.2) is 45.8 Å². The van der Waals surface area contributed by atoms with E-state index < -0.39 is 0 Å². The van der Waals surface area contributed by atoms with Crippen molar-refractivity contribution in [1.82, 2.24) is 20.2 Å². The number of likely N-dealkylation sites (tertiary alicyclic amines) is 1. The molecular weight excluding hydrogens is 542 g/mol. The third kappa shape index (κ3) is 6.61. The Balaban J connectivity index is 1.18. The van der Waals surface area contributed by atoms with E-state index in [1.165, 1.54) is 6.08 Å². The summed E-state index contributed by atoms with van der Waals surface area (Å²) in [7, 11) is 0. The summed E-state index contributed by atoms with van der Waals surface area (Å²) in [4.78, 5) is 36.7. The molecule has 2 unspecified atom stereocenters. The maximum absolute atomic E-state index is 13.8. The maximum atomic E-state index is 13.8. The first-order chi connectivity index (χ1) is 19.2. The Bertz CT molecular complexity index is 1360. The van der Waals surface area contributed by atoms with Gasteiger partial charge in [-0.05, 0) is 42.9 Å². The average molecular weight is 580 g/mol. The maximum Gasteiger partial charge on any atom is 0.243 e. The van der Waals surface area contributed by atoms with E-state index in [9.17, 15) is 9.59 Å². The Morgan fingerprint density at radius 3 is 2.73 bits per heavy atom. The van der Waals surface area contributed by atoms with Crippen LogP contribution >= 0.6 is 23.1 Å². The van der Waals surface area contributed by atoms with Crippen LogP contribution in [-0.2, 0) is 20.8 Å². The number of oxazole rings is 1. The van der Waals surface area contributed by atoms with Crippen LogP contribution in [0.4, 0.5) is 5.13 Å². The van der Waals surface area contributed by atoms with Crippen LogP contribution < -0.4 is 10.6 Å². The van der Waals surface area contributed by atoms with Gasteiger partial charge in [0.2, 0.25) is 17.7 Å². The zero-order chi connectivity index (χ0) is 28.3. The van der Waals surface area contributed by atoms with Crippen molar-refractivity contribution < 1.29 is 14.0 Å². The standard InChI is InChI=1S/C30H37N5O3S2/c1-5-25(36)34-23-13-12-22(20-10-6-7-11-21(20)23)28(37)35-14-8-9-19(17-35)33-29-32-16-27(40-29)39-18-26-31-15-24(38-26)30(2,3)4/h5-7,10-11,15-16,19,22-23H,1,8-9,12-14,17-18H2,2-4H3,(H,32,33)(H,34,36)/t19-,22?,23?/m1/s1. The van der Waals surface area contributed by atoms with Crippen LogP contribution in [0.3, 0.4) is 0 Å². The number of aromatic nitrogens is 2. The minimum absolute atomic E-state index is 0.0569. The number of rotatable bonds is 8. The molecule has 3 atom stereocenters. The van der Waals surface area contributed by atoms with Gasteiger partial charge in [-0.1, -0.05) is 63.0 Å². The molecule has 212 valence electrons. The number of nitrogens with zero attached hydrogens (tertiary/aromatic N) is 3. The second kappa shape index (κ2) is 12.2. The van der Waals surface area contributed by atoms with Gasteiger partial charge in [-0.25, -0.2) is 9.97 Å². The molecule has 5 rings (SSSR count). The number of hydrogen-bond donors (Lipinski definition) is 2. The Morgan fingerprint density at radius 2 is 1.98 bits per heavy atom. The van der Waals surface area contributed by atoms with Gasteiger partial charge in [0.25, 0.3) is 0 Å². The van der Waals surface area contributed by atoms with Crippen LogP contribution in [0.25, 0.3) is 0 Å². The van der Waals surface area contributed by atoms with Gasteiger partial charge in [0.15, 0.2) is 5.13 Å². The molecule has 1 fully saturated rings. The smallest absolute Gasteiger partial charge is 0.243 e. The van der Waals surface area contributed by atoms with Crippen molar-refractivity contribution in [3.8, 4) is 0 Å². The number of fused-ring (bicyclic) bond motifs is 1. The number of amides is 2. The van der Waals surface area contributed by atoms with E-state index in [1.807, 2.05) is 41.6 Å². The molecule has 0 saturated carbocycles. The van der Waals surface area contributed by atoms with Gasteiger partial charge in [-0.2, -0.15) is 0 Å². The van der Waals surface area contributed by atoms with Gasteiger partial charge >= 0.3 is 0 Å². The Morgan fingerprint density at radius 1 is 1.18 bits per heavy atom. The van der Waals surface area contributed by atoms with Crippen molar-refractivity contribution in [2.24, 2.45) is 0 Å². The van der Waals surface area contributed by atoms with E-state index in [0.29, 0.717) is 18.7 Å². The third-order valence-corrected chi connectivity index (χ3v) is 9.57. The minimum atomic E-state index is -0.191. The number of thiazole rings is 1. The third-order valence-electron chi connectivity index (χ3n) is 7.47. The SMILES string of the molecule is C=CC(=O)NC1CCC(C(=O)N2CCC[C@@H](Nc3ncc(SCc4ncc(C(C)(C)C)o4)s3)C2)c2ccccc21. The predicted molar refractivity (Wildman–Crippen MR) is 160 cm³/mol. The number of piperidine rings is 1. The number of anilines is 1. The van der Waals surface area contributed by atoms with Gasteiger partial charge in [0.1, 0.15) is 5.76 Å². The van der Waals surface area contributed by atoms with Gasteiger partial charge in [-0.15, -0.1) is 11.8 Å². The van der Waals surface area contributed by atoms with E-state index in [4.69, 9.17) is 4.42 Å². The van der Waals surface area contributed by atoms with Crippen LogP contribution in [0, 0.1) is 0 Å². The quantitative estimate of drug-likeness (QED) is 0.248. The number of nitrogens with one attached hydrogen (secondary N) is 2. The van der Waals surface area contributed by atoms with E-state index in [2.05, 4.69) is 48.0 Å². The first-order valence-electron chi connectivity index (χ1n) is 13.8. The summed E-state index contributed by atoms with van der Waals surface area (Å²) >= 11 is 3.29. The lowest BCUT2D eigenvalue weighted by Gasteiger charge is -2.38. The van der Waals surface area contributed by atoms with Gasteiger partial charge in [-0.3, -0.25) is 9.59 Å². The van der Waals surface area contributed by atoms with Crippen LogP contribution in [0.1, 0.15) is 81.2 Å². The highest BCUT2D eigenvalue weighted by Gasteiger charge is 2.35. The highest BCUT2D eigenvalue weighted by Crippen LogP contribution is 2.39. The van der Waals surface area contributed by atoms with Crippen molar-refractivity contribution >= 4 is 40.0 Å². The molecule has 1 aromatic carbocycles. The average Bonchev–Trinajstić information content (AvgIpc) is 3.61. The summed E-state index contributed by atoms with van der Waals surface area (Å²) in [6.07, 6.45) is 8.38. The number of thioether (sulfide) groups is 1. The molecule has 0 spiro atoms. The molecular formula is C30H37N5O3S2. The highest BCUT2D eigenvalue weighted by atomic mass is 32.2. The molecule has 3 heterocycles. The van der Waals surface area contributed by atoms with E-state index in [-0.39, 0.29) is 35.2 Å². The lowest BCUT2D eigenvalue weighted by Crippen LogP contribution is -2.47. The van der Waals surface area contributed by atoms with Crippen LogP contribution in [0.5, 0.6) is 0 Å². The second-order valence-electron chi connectivity index (χ2n) is 11.4. The molecule has 2 aliphatic rings. The lowest BCUT2D eigenvalue weighted by atomic mass is 9.79. The van der Waals surface area contributed by atoms with Crippen molar-refractivity contribution in [1.29, 1.82) is 0 Å². The summed E-state index contributed by atoms with van der Waals surface area (Å²) in [5.41, 5.74) is 1.99. The summed E-state index contributed by atoms with van der Waals surface area (Å²) in [6.45, 7) is 11.3. The van der Waals surface area contributed by atoms with Gasteiger partial charge < -0.3 is 20.0 Å². The molecule has 1 aliphatic carbocycles. The number of hydrogen-bond acceptors (Lipinski definition) is 8. The molecule has 0 bridgehead atoms. The van der Waals surface area contributed by atoms with E-state index >= 15 is 0 Å². The van der Waals surface area contributed by atoms with Crippen LogP contribution in [0.15, 0.2) is 57.9 Å². The topological polar surface area (TPSA) is 100 Å². The zero-order valence-corrected chi connectivity index (χ0v) is 24.9. The predicted octanol–water partition coefficient (Wildman–Crippen LogP) is 6.04. The Labute approximate surface area is 244 Å². The van der Waals surface area contributed by atoms with E-state index in [1.54, 1.807) is 23.1 Å². The molecule has 8 nitrogen and oxygen atoms in total. The fraction of sp³-hybridized carbons (Fsp3) is 0.467. The molecule has 2 amide bonds. The lowest BCUT2D eigenvalue weighted by molar-refractivity contribution is -0.134. The summed E-state index contributed by atoms with van der Waals surface area (Å²) in [5, 5.41) is 7.46. The van der Waals surface area contributed by atoms with Gasteiger partial charge in [0.05, 0.1) is 34.3 Å². The molecule has 2 N–H and O–H groups in total. The van der Waals surface area contributed by atoms with Crippen molar-refractivity contribution in [3.05, 3.63) is 72.1 Å². The summed E-state index contributed by atoms with van der Waals surface area (Å²) < 4.78 is 7.00. The summed E-state index contributed by atoms with van der Waals surface area (Å²) in [6, 6.07) is 8.05. The molecule has 3 aromatic rings. The molecule has 1 aliphatic heterocycles. The monoisotopic (exact) mass is 579 g/mol. The normalized spacial score (nSPS) is 21.0. The molecule has 1 saturated heterocycles. The first kappa shape index (κ1) is 28.4. The Hall–Kier alpha value is -3.11. The number of benzene rings is 1. The van der Waals surface area contributed by atoms with Crippen molar-refractivity contribution in [3.63, 3.8) is 0 Å². The molecule has 40 heavy (non-hydrogen) atoms. The first-order valence-corrected chi connectivity index (χ1v) is 15.6. The fourth-order valence-corrected chi connectivity index (χ4v) is 7.17. The molecule has 10 heteroatoms. The second-order valence-corrected chi connectivity index (χ2v) is 13.7. The number of carbonyl (C=O) groups is 2. The Kier molecular flexibility index (Phi) is 8.65. The van der Waals surface area contributed by atoms with Crippen molar-refractivity contribution in [2.75, 3.05) is 18.4 Å². The van der Waals surface area contributed by atoms with E-state index in [0.717, 1.165) is 57.9 Å². The molecule has 2 aromatic heterocycles. The largest absolute Gasteiger partial charge is 0.444 e. The fourth-order valence-electron chi connectivity index (χ4n) is 5.37. The highest BCUT2D eigenvalue weighted by molar-refractivity contribution is 8.00. The van der Waals surface area contributed by atoms with Gasteiger partial charge in [0, 0.05) is 24.5 Å².